The van der Waals surface area contributed by atoms with Crippen molar-refractivity contribution in [1.29, 1.82) is 0 Å². The van der Waals surface area contributed by atoms with Crippen LogP contribution in [0, 0.1) is 0 Å². The van der Waals surface area contributed by atoms with Crippen LogP contribution in [-0.4, -0.2) is 24.7 Å². The summed E-state index contributed by atoms with van der Waals surface area (Å²) < 4.78 is 5.61. The lowest BCUT2D eigenvalue weighted by Crippen LogP contribution is -2.19. The number of nitrogens with two attached hydrogens (primary N) is 1. The van der Waals surface area contributed by atoms with Crippen molar-refractivity contribution in [2.45, 2.75) is 18.2 Å². The molecule has 2 rings (SSSR count). The van der Waals surface area contributed by atoms with Crippen LogP contribution >= 0.6 is 11.8 Å². The van der Waals surface area contributed by atoms with Gasteiger partial charge in [-0.15, -0.1) is 11.8 Å². The van der Waals surface area contributed by atoms with Gasteiger partial charge >= 0.3 is 0 Å². The predicted octanol–water partition coefficient (Wildman–Crippen LogP) is 3.55. The molecular formula is C18H20N2O3S. The Morgan fingerprint density at radius 2 is 1.92 bits per heavy atom. The van der Waals surface area contributed by atoms with Gasteiger partial charge in [0.15, 0.2) is 0 Å². The van der Waals surface area contributed by atoms with Crippen LogP contribution in [0.25, 0.3) is 0 Å². The molecule has 5 nitrogen and oxygen atoms in total. The van der Waals surface area contributed by atoms with Crippen LogP contribution in [0.2, 0.25) is 0 Å². The first kappa shape index (κ1) is 17.9. The number of thioether (sulfide) groups is 1. The van der Waals surface area contributed by atoms with E-state index < -0.39 is 5.91 Å². The van der Waals surface area contributed by atoms with Crippen LogP contribution in [0.1, 0.15) is 34.1 Å². The third kappa shape index (κ3) is 4.29. The Labute approximate surface area is 145 Å². The molecule has 2 amide bonds. The van der Waals surface area contributed by atoms with E-state index in [2.05, 4.69) is 5.32 Å². The summed E-state index contributed by atoms with van der Waals surface area (Å²) in [6.07, 6.45) is 2.76. The molecule has 2 aromatic carbocycles. The molecule has 0 atom stereocenters. The number of carbonyl (C=O) groups is 2. The molecule has 0 aliphatic heterocycles. The molecule has 0 bridgehead atoms. The number of rotatable bonds is 7. The van der Waals surface area contributed by atoms with Crippen molar-refractivity contribution in [3.8, 4) is 5.75 Å². The van der Waals surface area contributed by atoms with Crippen LogP contribution in [0.4, 0.5) is 5.69 Å². The lowest BCUT2D eigenvalue weighted by Gasteiger charge is -2.13. The largest absolute Gasteiger partial charge is 0.493 e. The van der Waals surface area contributed by atoms with Gasteiger partial charge in [-0.2, -0.15) is 0 Å². The minimum atomic E-state index is -0.589. The number of benzene rings is 2. The predicted molar refractivity (Wildman–Crippen MR) is 96.9 cm³/mol. The van der Waals surface area contributed by atoms with E-state index in [1.54, 1.807) is 36.4 Å². The second kappa shape index (κ2) is 8.40. The van der Waals surface area contributed by atoms with Crippen molar-refractivity contribution in [3.05, 3.63) is 53.6 Å². The molecule has 0 saturated carbocycles. The summed E-state index contributed by atoms with van der Waals surface area (Å²) >= 11 is 1.51. The maximum Gasteiger partial charge on any atom is 0.259 e. The fourth-order valence-corrected chi connectivity index (χ4v) is 2.59. The monoisotopic (exact) mass is 344 g/mol. The maximum atomic E-state index is 12.6. The van der Waals surface area contributed by atoms with Crippen LogP contribution in [0.15, 0.2) is 47.4 Å². The second-order valence-electron chi connectivity index (χ2n) is 5.07. The zero-order chi connectivity index (χ0) is 17.5. The molecule has 0 fully saturated rings. The third-order valence-electron chi connectivity index (χ3n) is 3.33. The Bertz CT molecular complexity index is 747. The Morgan fingerprint density at radius 1 is 1.17 bits per heavy atom. The van der Waals surface area contributed by atoms with Gasteiger partial charge in [0.05, 0.1) is 23.4 Å². The van der Waals surface area contributed by atoms with Crippen molar-refractivity contribution in [2.75, 3.05) is 18.2 Å². The van der Waals surface area contributed by atoms with Gasteiger partial charge in [0.25, 0.3) is 11.8 Å². The van der Waals surface area contributed by atoms with Crippen molar-refractivity contribution in [1.82, 2.24) is 0 Å². The van der Waals surface area contributed by atoms with Crippen LogP contribution in [0.3, 0.4) is 0 Å². The first-order valence-corrected chi connectivity index (χ1v) is 8.80. The summed E-state index contributed by atoms with van der Waals surface area (Å²) in [5.74, 6) is -0.422. The van der Waals surface area contributed by atoms with Gasteiger partial charge in [0.2, 0.25) is 0 Å². The zero-order valence-corrected chi connectivity index (χ0v) is 14.5. The summed E-state index contributed by atoms with van der Waals surface area (Å²) in [5, 5.41) is 2.77. The van der Waals surface area contributed by atoms with E-state index in [-0.39, 0.29) is 11.5 Å². The Hall–Kier alpha value is -2.47. The smallest absolute Gasteiger partial charge is 0.259 e. The van der Waals surface area contributed by atoms with E-state index in [4.69, 9.17) is 10.5 Å². The van der Waals surface area contributed by atoms with E-state index in [0.29, 0.717) is 23.6 Å². The molecule has 0 saturated heterocycles. The standard InChI is InChI=1S/C18H20N2O3S/c1-3-10-23-16-7-5-4-6-14(16)18(22)20-15-11-12(24-2)8-9-13(15)17(19)21/h4-9,11H,3,10H2,1-2H3,(H2,19,21)(H,20,22). The number of amides is 2. The van der Waals surface area contributed by atoms with Crippen LogP contribution in [0.5, 0.6) is 5.75 Å². The molecule has 0 radical (unpaired) electrons. The SMILES string of the molecule is CCCOc1ccccc1C(=O)Nc1cc(SC)ccc1C(N)=O. The average Bonchev–Trinajstić information content (AvgIpc) is 2.59. The Morgan fingerprint density at radius 3 is 2.58 bits per heavy atom. The molecule has 0 heterocycles. The highest BCUT2D eigenvalue weighted by molar-refractivity contribution is 7.98. The number of para-hydroxylation sites is 1. The van der Waals surface area contributed by atoms with E-state index >= 15 is 0 Å². The summed E-state index contributed by atoms with van der Waals surface area (Å²) in [5.41, 5.74) is 6.47. The molecule has 3 N–H and O–H groups in total. The first-order valence-electron chi connectivity index (χ1n) is 7.57. The quantitative estimate of drug-likeness (QED) is 0.753. The normalized spacial score (nSPS) is 10.2. The number of ether oxygens (including phenoxy) is 1. The van der Waals surface area contributed by atoms with Crippen LogP contribution < -0.4 is 15.8 Å². The van der Waals surface area contributed by atoms with Gasteiger partial charge in [0, 0.05) is 4.90 Å². The number of anilines is 1. The highest BCUT2D eigenvalue weighted by Gasteiger charge is 2.16. The molecule has 2 aromatic rings. The molecular weight excluding hydrogens is 324 g/mol. The lowest BCUT2D eigenvalue weighted by atomic mass is 10.1. The number of primary amides is 1. The molecule has 0 aliphatic rings. The average molecular weight is 344 g/mol. The molecule has 0 unspecified atom stereocenters. The molecule has 24 heavy (non-hydrogen) atoms. The van der Waals surface area contributed by atoms with E-state index in [1.807, 2.05) is 19.2 Å². The second-order valence-corrected chi connectivity index (χ2v) is 5.95. The van der Waals surface area contributed by atoms with Crippen LogP contribution in [-0.2, 0) is 0 Å². The Kier molecular flexibility index (Phi) is 6.26. The molecule has 126 valence electrons. The number of nitrogens with one attached hydrogen (secondary N) is 1. The molecule has 0 spiro atoms. The first-order chi connectivity index (χ1) is 11.6. The van der Waals surface area contributed by atoms with Gasteiger partial charge in [-0.3, -0.25) is 9.59 Å². The molecule has 6 heteroatoms. The maximum absolute atomic E-state index is 12.6. The highest BCUT2D eigenvalue weighted by Crippen LogP contribution is 2.25. The van der Waals surface area contributed by atoms with Gasteiger partial charge in [0.1, 0.15) is 5.75 Å². The molecule has 0 aliphatic carbocycles. The number of hydrogen-bond acceptors (Lipinski definition) is 4. The van der Waals surface area contributed by atoms with Crippen molar-refractivity contribution in [2.24, 2.45) is 5.73 Å². The minimum Gasteiger partial charge on any atom is -0.493 e. The van der Waals surface area contributed by atoms with Crippen molar-refractivity contribution in [3.63, 3.8) is 0 Å². The highest BCUT2D eigenvalue weighted by atomic mass is 32.2. The van der Waals surface area contributed by atoms with Gasteiger partial charge in [-0.05, 0) is 43.0 Å². The summed E-state index contributed by atoms with van der Waals surface area (Å²) in [6, 6.07) is 12.1. The van der Waals surface area contributed by atoms with E-state index in [1.165, 1.54) is 11.8 Å². The van der Waals surface area contributed by atoms with E-state index in [9.17, 15) is 9.59 Å². The van der Waals surface area contributed by atoms with Gasteiger partial charge in [-0.25, -0.2) is 0 Å². The Balaban J connectivity index is 2.31. The fraction of sp³-hybridized carbons (Fsp3) is 0.222. The van der Waals surface area contributed by atoms with Crippen molar-refractivity contribution < 1.29 is 14.3 Å². The van der Waals surface area contributed by atoms with E-state index in [0.717, 1.165) is 11.3 Å². The number of carbonyl (C=O) groups excluding carboxylic acids is 2. The number of hydrogen-bond donors (Lipinski definition) is 2. The summed E-state index contributed by atoms with van der Waals surface area (Å²) in [4.78, 5) is 25.1. The zero-order valence-electron chi connectivity index (χ0n) is 13.7. The fourth-order valence-electron chi connectivity index (χ4n) is 2.15. The minimum absolute atomic E-state index is 0.271. The van der Waals surface area contributed by atoms with Gasteiger partial charge < -0.3 is 15.8 Å². The summed E-state index contributed by atoms with van der Waals surface area (Å²) in [6.45, 7) is 2.52. The molecule has 0 aromatic heterocycles. The lowest BCUT2D eigenvalue weighted by molar-refractivity contribution is 0.100. The topological polar surface area (TPSA) is 81.4 Å². The third-order valence-corrected chi connectivity index (χ3v) is 4.06. The van der Waals surface area contributed by atoms with Crippen molar-refractivity contribution >= 4 is 29.3 Å². The summed E-state index contributed by atoms with van der Waals surface area (Å²) in [7, 11) is 0. The van der Waals surface area contributed by atoms with Gasteiger partial charge in [-0.1, -0.05) is 19.1 Å².